The summed E-state index contributed by atoms with van der Waals surface area (Å²) in [6, 6.07) is 4.99. The number of nitrogens with one attached hydrogen (secondary N) is 4. The molecule has 4 N–H and O–H groups in total. The Hall–Kier alpha value is -1.24. The van der Waals surface area contributed by atoms with Crippen molar-refractivity contribution in [1.29, 1.82) is 5.26 Å². The van der Waals surface area contributed by atoms with Crippen LogP contribution in [-0.4, -0.2) is 85.7 Å². The third-order valence-electron chi connectivity index (χ3n) is 12.2. The first-order valence-electron chi connectivity index (χ1n) is 16.2. The minimum absolute atomic E-state index is 0.196. The number of piperazine rings is 1. The summed E-state index contributed by atoms with van der Waals surface area (Å²) in [5, 5.41) is 17.4. The van der Waals surface area contributed by atoms with E-state index in [0.29, 0.717) is 30.1 Å². The van der Waals surface area contributed by atoms with Crippen LogP contribution in [0.2, 0.25) is 0 Å². The quantitative estimate of drug-likeness (QED) is 0.436. The van der Waals surface area contributed by atoms with Crippen LogP contribution in [0.5, 0.6) is 0 Å². The van der Waals surface area contributed by atoms with E-state index in [-0.39, 0.29) is 11.3 Å². The molecule has 0 bridgehead atoms. The molecule has 8 atom stereocenters. The van der Waals surface area contributed by atoms with Gasteiger partial charge < -0.3 is 15.5 Å². The number of fused-ring (bicyclic) bond motifs is 3. The van der Waals surface area contributed by atoms with Gasteiger partial charge in [-0.1, -0.05) is 0 Å². The second kappa shape index (κ2) is 11.6. The lowest BCUT2D eigenvalue weighted by atomic mass is 9.60. The second-order valence-electron chi connectivity index (χ2n) is 14.5. The normalized spacial score (nSPS) is 43.8. The fraction of sp³-hybridized carbons (Fsp3) is 0.935. The molecule has 0 aromatic rings. The molecule has 218 valence electrons. The number of hydrogen-bond donors (Lipinski definition) is 4. The summed E-state index contributed by atoms with van der Waals surface area (Å²) in [6.45, 7) is 13.2. The first-order chi connectivity index (χ1) is 18.8. The maximum atomic E-state index is 11.8. The molecule has 4 aliphatic heterocycles. The number of nitrogens with zero attached hydrogens (tertiary/aromatic N) is 3. The van der Waals surface area contributed by atoms with Gasteiger partial charge in [0.2, 0.25) is 5.91 Å². The molecule has 39 heavy (non-hydrogen) atoms. The first kappa shape index (κ1) is 27.9. The van der Waals surface area contributed by atoms with E-state index in [1.807, 2.05) is 4.90 Å². The molecule has 2 saturated carbocycles. The van der Waals surface area contributed by atoms with E-state index in [0.717, 1.165) is 68.9 Å². The highest BCUT2D eigenvalue weighted by molar-refractivity contribution is 5.73. The van der Waals surface area contributed by atoms with Crippen LogP contribution in [0, 0.1) is 52.3 Å². The van der Waals surface area contributed by atoms with Crippen LogP contribution in [0.25, 0.3) is 0 Å². The number of hydrogen-bond acceptors (Lipinski definition) is 7. The molecule has 4 heterocycles. The van der Waals surface area contributed by atoms with Crippen LogP contribution in [-0.2, 0) is 4.79 Å². The Bertz CT molecular complexity index is 903. The van der Waals surface area contributed by atoms with Gasteiger partial charge in [-0.05, 0) is 107 Å². The van der Waals surface area contributed by atoms with Crippen molar-refractivity contribution in [3.63, 3.8) is 0 Å². The zero-order valence-corrected chi connectivity index (χ0v) is 24.6. The Balaban J connectivity index is 1.08. The van der Waals surface area contributed by atoms with Gasteiger partial charge in [0.15, 0.2) is 0 Å². The monoisotopic (exact) mass is 539 g/mol. The summed E-state index contributed by atoms with van der Waals surface area (Å²) in [5.41, 5.74) is 7.36. The summed E-state index contributed by atoms with van der Waals surface area (Å²) in [7, 11) is 0. The largest absolute Gasteiger partial charge is 0.340 e. The van der Waals surface area contributed by atoms with Gasteiger partial charge in [-0.2, -0.15) is 5.26 Å². The molecule has 8 heteroatoms. The molecule has 4 saturated heterocycles. The van der Waals surface area contributed by atoms with E-state index in [2.05, 4.69) is 46.3 Å². The minimum atomic E-state index is -0.196. The lowest BCUT2D eigenvalue weighted by molar-refractivity contribution is -0.131. The number of carbonyl (C=O) groups excluding carboxylic acids is 1. The van der Waals surface area contributed by atoms with Crippen molar-refractivity contribution < 1.29 is 4.79 Å². The Kier molecular flexibility index (Phi) is 8.27. The molecule has 0 radical (unpaired) electrons. The highest BCUT2D eigenvalue weighted by Crippen LogP contribution is 2.48. The molecule has 8 unspecified atom stereocenters. The third-order valence-corrected chi connectivity index (χ3v) is 12.2. The molecule has 6 aliphatic rings. The molecule has 2 aliphatic carbocycles. The maximum absolute atomic E-state index is 11.8. The topological polar surface area (TPSA) is 95.5 Å². The summed E-state index contributed by atoms with van der Waals surface area (Å²) in [5.74, 6) is 4.54. The molecular formula is C31H53N7O. The average Bonchev–Trinajstić information content (AvgIpc) is 3.42. The third kappa shape index (κ3) is 5.64. The second-order valence-corrected chi connectivity index (χ2v) is 14.5. The van der Waals surface area contributed by atoms with Crippen LogP contribution in [0.15, 0.2) is 0 Å². The molecule has 8 nitrogen and oxygen atoms in total. The number of rotatable bonds is 4. The number of piperidine rings is 2. The van der Waals surface area contributed by atoms with E-state index < -0.39 is 0 Å². The van der Waals surface area contributed by atoms with Crippen molar-refractivity contribution in [3.05, 3.63) is 0 Å². The fourth-order valence-corrected chi connectivity index (χ4v) is 9.74. The first-order valence-corrected chi connectivity index (χ1v) is 16.2. The van der Waals surface area contributed by atoms with Crippen molar-refractivity contribution in [2.45, 2.75) is 96.3 Å². The van der Waals surface area contributed by atoms with Gasteiger partial charge >= 0.3 is 0 Å². The van der Waals surface area contributed by atoms with E-state index in [1.54, 1.807) is 6.92 Å². The summed E-state index contributed by atoms with van der Waals surface area (Å²) in [4.78, 5) is 16.5. The smallest absolute Gasteiger partial charge is 0.219 e. The van der Waals surface area contributed by atoms with E-state index in [9.17, 15) is 10.1 Å². The van der Waals surface area contributed by atoms with Crippen LogP contribution in [0.4, 0.5) is 0 Å². The Labute approximate surface area is 236 Å². The van der Waals surface area contributed by atoms with Gasteiger partial charge in [0, 0.05) is 70.4 Å². The lowest BCUT2D eigenvalue weighted by Gasteiger charge is -2.51. The highest BCUT2D eigenvalue weighted by Gasteiger charge is 2.52. The molecule has 1 amide bonds. The SMILES string of the molecule is CC(=O)N1CCN(C2CNCC(C3CCC4NCC5NNC(C6CCC(C(C)(C)C#N)CC6)C5C4C3)C2)CC1. The molecular weight excluding hydrogens is 486 g/mol. The van der Waals surface area contributed by atoms with Crippen molar-refractivity contribution in [2.24, 2.45) is 40.9 Å². The predicted octanol–water partition coefficient (Wildman–Crippen LogP) is 2.33. The predicted molar refractivity (Wildman–Crippen MR) is 153 cm³/mol. The van der Waals surface area contributed by atoms with Crippen molar-refractivity contribution in [2.75, 3.05) is 45.8 Å². The standard InChI is InChI=1S/C31H53N7O/c1-20(39)37-10-12-38(13-11-37)25-14-23(16-33-17-25)22-6-9-27-26(15-22)29-28(18-34-27)35-36-30(29)21-4-7-24(8-5-21)31(2,3)19-32/h21-30,33-36H,4-18H2,1-3H3. The Morgan fingerprint density at radius 2 is 1.59 bits per heavy atom. The maximum Gasteiger partial charge on any atom is 0.219 e. The average molecular weight is 540 g/mol. The van der Waals surface area contributed by atoms with Crippen molar-refractivity contribution >= 4 is 5.91 Å². The molecule has 0 aromatic heterocycles. The number of carbonyl (C=O) groups is 1. The van der Waals surface area contributed by atoms with E-state index in [1.165, 1.54) is 57.9 Å². The van der Waals surface area contributed by atoms with Crippen molar-refractivity contribution in [1.82, 2.24) is 31.3 Å². The lowest BCUT2D eigenvalue weighted by Crippen LogP contribution is -2.60. The van der Waals surface area contributed by atoms with Crippen LogP contribution < -0.4 is 21.5 Å². The number of amides is 1. The summed E-state index contributed by atoms with van der Waals surface area (Å²) < 4.78 is 0. The van der Waals surface area contributed by atoms with Gasteiger partial charge in [0.1, 0.15) is 0 Å². The zero-order chi connectivity index (χ0) is 27.1. The summed E-state index contributed by atoms with van der Waals surface area (Å²) in [6.07, 6.45) is 10.3. The Morgan fingerprint density at radius 3 is 2.31 bits per heavy atom. The minimum Gasteiger partial charge on any atom is -0.340 e. The fourth-order valence-electron chi connectivity index (χ4n) is 9.74. The zero-order valence-electron chi connectivity index (χ0n) is 24.6. The van der Waals surface area contributed by atoms with Gasteiger partial charge in [-0.3, -0.25) is 20.5 Å². The van der Waals surface area contributed by atoms with E-state index >= 15 is 0 Å². The Morgan fingerprint density at radius 1 is 0.846 bits per heavy atom. The van der Waals surface area contributed by atoms with Gasteiger partial charge in [0.25, 0.3) is 0 Å². The van der Waals surface area contributed by atoms with Crippen LogP contribution >= 0.6 is 0 Å². The molecule has 6 fully saturated rings. The van der Waals surface area contributed by atoms with Gasteiger partial charge in [-0.15, -0.1) is 0 Å². The molecule has 0 aromatic carbocycles. The number of nitriles is 1. The highest BCUT2D eigenvalue weighted by atomic mass is 16.2. The summed E-state index contributed by atoms with van der Waals surface area (Å²) >= 11 is 0. The van der Waals surface area contributed by atoms with Gasteiger partial charge in [-0.25, -0.2) is 0 Å². The van der Waals surface area contributed by atoms with Crippen LogP contribution in [0.1, 0.15) is 72.1 Å². The van der Waals surface area contributed by atoms with E-state index in [4.69, 9.17) is 0 Å². The molecule has 6 rings (SSSR count). The van der Waals surface area contributed by atoms with Crippen LogP contribution in [0.3, 0.4) is 0 Å². The number of hydrazine groups is 1. The molecule has 0 spiro atoms. The van der Waals surface area contributed by atoms with Crippen molar-refractivity contribution in [3.8, 4) is 6.07 Å². The van der Waals surface area contributed by atoms with Gasteiger partial charge in [0.05, 0.1) is 11.5 Å².